The van der Waals surface area contributed by atoms with E-state index in [0.29, 0.717) is 10.6 Å². The van der Waals surface area contributed by atoms with Gasteiger partial charge in [0, 0.05) is 17.6 Å². The molecule has 0 N–H and O–H groups in total. The van der Waals surface area contributed by atoms with E-state index < -0.39 is 36.8 Å². The highest BCUT2D eigenvalue weighted by Crippen LogP contribution is 2.25. The number of nitrogens with zero attached hydrogens (tertiary/aromatic N) is 3. The molecule has 0 bridgehead atoms. The first kappa shape index (κ1) is 22.9. The van der Waals surface area contributed by atoms with Crippen molar-refractivity contribution in [3.8, 4) is 0 Å². The van der Waals surface area contributed by atoms with Crippen LogP contribution in [0.3, 0.4) is 0 Å². The van der Waals surface area contributed by atoms with Gasteiger partial charge >= 0.3 is 0 Å². The predicted molar refractivity (Wildman–Crippen MR) is 113 cm³/mol. The maximum Gasteiger partial charge on any atom is 0.274 e. The van der Waals surface area contributed by atoms with Gasteiger partial charge in [0.05, 0.1) is 28.5 Å². The summed E-state index contributed by atoms with van der Waals surface area (Å²) in [7, 11) is -7.05. The highest BCUT2D eigenvalue weighted by molar-refractivity contribution is 7.91. The SMILES string of the molecule is CCS(=O)(=O)c1ncc(Cl)c(C(=O)N(Cc2cccc(Cl)c2)[C@@H]2CCS(=O)(=O)C2)n1. The summed E-state index contributed by atoms with van der Waals surface area (Å²) in [5.41, 5.74) is 0.400. The van der Waals surface area contributed by atoms with E-state index in [0.717, 1.165) is 6.20 Å². The van der Waals surface area contributed by atoms with Crippen LogP contribution in [0.2, 0.25) is 10.0 Å². The molecule has 0 unspecified atom stereocenters. The number of benzene rings is 1. The van der Waals surface area contributed by atoms with E-state index in [-0.39, 0.29) is 40.9 Å². The summed E-state index contributed by atoms with van der Waals surface area (Å²) in [6.07, 6.45) is 1.32. The van der Waals surface area contributed by atoms with Crippen molar-refractivity contribution in [3.63, 3.8) is 0 Å². The van der Waals surface area contributed by atoms with E-state index in [2.05, 4.69) is 9.97 Å². The first-order valence-electron chi connectivity index (χ1n) is 9.03. The maximum absolute atomic E-state index is 13.3. The number of halogens is 2. The van der Waals surface area contributed by atoms with Crippen molar-refractivity contribution in [1.82, 2.24) is 14.9 Å². The highest BCUT2D eigenvalue weighted by Gasteiger charge is 2.36. The molecular formula is C18H19Cl2N3O5S2. The lowest BCUT2D eigenvalue weighted by Crippen LogP contribution is -2.41. The number of carbonyl (C=O) groups is 1. The first-order valence-corrected chi connectivity index (χ1v) is 13.3. The summed E-state index contributed by atoms with van der Waals surface area (Å²) in [6.45, 7) is 1.50. The Balaban J connectivity index is 2.03. The molecule has 3 rings (SSSR count). The average molecular weight is 492 g/mol. The van der Waals surface area contributed by atoms with Gasteiger partial charge in [0.2, 0.25) is 15.0 Å². The monoisotopic (exact) mass is 491 g/mol. The van der Waals surface area contributed by atoms with Gasteiger partial charge in [-0.25, -0.2) is 26.8 Å². The molecule has 1 atom stereocenters. The molecule has 1 aliphatic heterocycles. The number of amides is 1. The van der Waals surface area contributed by atoms with Gasteiger partial charge in [-0.05, 0) is 24.1 Å². The van der Waals surface area contributed by atoms with Crippen molar-refractivity contribution < 1.29 is 21.6 Å². The Kier molecular flexibility index (Phi) is 6.71. The van der Waals surface area contributed by atoms with Crippen LogP contribution in [-0.4, -0.2) is 60.9 Å². The predicted octanol–water partition coefficient (Wildman–Crippen LogP) is 2.41. The largest absolute Gasteiger partial charge is 0.329 e. The third-order valence-electron chi connectivity index (χ3n) is 4.73. The van der Waals surface area contributed by atoms with Crippen molar-refractivity contribution in [2.75, 3.05) is 17.3 Å². The van der Waals surface area contributed by atoms with Gasteiger partial charge in [0.25, 0.3) is 5.91 Å². The molecule has 0 spiro atoms. The zero-order chi connectivity index (χ0) is 22.1. The Morgan fingerprint density at radius 1 is 1.30 bits per heavy atom. The van der Waals surface area contributed by atoms with E-state index in [4.69, 9.17) is 23.2 Å². The lowest BCUT2D eigenvalue weighted by Gasteiger charge is -2.28. The summed E-state index contributed by atoms with van der Waals surface area (Å²) in [6, 6.07) is 6.22. The summed E-state index contributed by atoms with van der Waals surface area (Å²) in [5, 5.41) is -0.151. The first-order chi connectivity index (χ1) is 14.0. The molecule has 1 fully saturated rings. The Hall–Kier alpha value is -1.75. The standard InChI is InChI=1S/C18H19Cl2N3O5S2/c1-2-30(27,28)18-21-9-15(20)16(22-18)17(24)23(14-6-7-29(25,26)11-14)10-12-4-3-5-13(19)8-12/h3-5,8-9,14H,2,6-7,10-11H2,1H3/t14-/m1/s1. The zero-order valence-corrected chi connectivity index (χ0v) is 19.1. The summed E-state index contributed by atoms with van der Waals surface area (Å²) < 4.78 is 48.3. The lowest BCUT2D eigenvalue weighted by atomic mass is 10.1. The number of aromatic nitrogens is 2. The van der Waals surface area contributed by atoms with Crippen molar-refractivity contribution in [2.45, 2.75) is 31.1 Å². The molecule has 1 amide bonds. The summed E-state index contributed by atoms with van der Waals surface area (Å²) in [4.78, 5) is 22.3. The Morgan fingerprint density at radius 2 is 2.03 bits per heavy atom. The fourth-order valence-electron chi connectivity index (χ4n) is 3.14. The van der Waals surface area contributed by atoms with E-state index in [1.165, 1.54) is 11.8 Å². The molecule has 30 heavy (non-hydrogen) atoms. The van der Waals surface area contributed by atoms with Gasteiger partial charge in [-0.1, -0.05) is 42.3 Å². The number of carbonyl (C=O) groups excluding carboxylic acids is 1. The molecule has 162 valence electrons. The van der Waals surface area contributed by atoms with Crippen molar-refractivity contribution in [1.29, 1.82) is 0 Å². The molecule has 0 radical (unpaired) electrons. The quantitative estimate of drug-likeness (QED) is 0.569. The van der Waals surface area contributed by atoms with Crippen LogP contribution in [0.1, 0.15) is 29.4 Å². The van der Waals surface area contributed by atoms with Crippen LogP contribution in [0, 0.1) is 0 Å². The fraction of sp³-hybridized carbons (Fsp3) is 0.389. The molecule has 8 nitrogen and oxygen atoms in total. The van der Waals surface area contributed by atoms with Gasteiger partial charge in [0.15, 0.2) is 15.5 Å². The van der Waals surface area contributed by atoms with Crippen LogP contribution in [0.5, 0.6) is 0 Å². The maximum atomic E-state index is 13.3. The molecule has 0 saturated carbocycles. The Labute approximate surface area is 185 Å². The van der Waals surface area contributed by atoms with Crippen LogP contribution in [0.4, 0.5) is 0 Å². The van der Waals surface area contributed by atoms with Gasteiger partial charge in [-0.3, -0.25) is 4.79 Å². The van der Waals surface area contributed by atoms with Gasteiger partial charge in [-0.15, -0.1) is 0 Å². The second-order valence-corrected chi connectivity index (χ2v) is 12.1. The van der Waals surface area contributed by atoms with Crippen LogP contribution in [-0.2, 0) is 26.2 Å². The normalized spacial score (nSPS) is 18.3. The van der Waals surface area contributed by atoms with E-state index >= 15 is 0 Å². The van der Waals surface area contributed by atoms with Crippen LogP contribution >= 0.6 is 23.2 Å². The molecule has 1 aromatic heterocycles. The van der Waals surface area contributed by atoms with Gasteiger partial charge < -0.3 is 4.90 Å². The summed E-state index contributed by atoms with van der Waals surface area (Å²) in [5.74, 6) is -1.14. The zero-order valence-electron chi connectivity index (χ0n) is 16.0. The molecule has 1 saturated heterocycles. The van der Waals surface area contributed by atoms with Crippen molar-refractivity contribution in [3.05, 3.63) is 51.8 Å². The van der Waals surface area contributed by atoms with E-state index in [1.54, 1.807) is 24.3 Å². The smallest absolute Gasteiger partial charge is 0.274 e. The van der Waals surface area contributed by atoms with Crippen LogP contribution in [0.15, 0.2) is 35.6 Å². The fourth-order valence-corrected chi connectivity index (χ4v) is 5.95. The molecule has 2 heterocycles. The topological polar surface area (TPSA) is 114 Å². The minimum Gasteiger partial charge on any atom is -0.329 e. The third kappa shape index (κ3) is 5.11. The Morgan fingerprint density at radius 3 is 2.63 bits per heavy atom. The molecule has 1 aromatic carbocycles. The minimum atomic E-state index is -3.76. The number of hydrogen-bond acceptors (Lipinski definition) is 7. The molecular weight excluding hydrogens is 473 g/mol. The third-order valence-corrected chi connectivity index (χ3v) is 8.51. The van der Waals surface area contributed by atoms with Crippen LogP contribution in [0.25, 0.3) is 0 Å². The van der Waals surface area contributed by atoms with Crippen LogP contribution < -0.4 is 0 Å². The van der Waals surface area contributed by atoms with E-state index in [9.17, 15) is 21.6 Å². The second-order valence-electron chi connectivity index (χ2n) is 6.87. The molecule has 1 aliphatic rings. The lowest BCUT2D eigenvalue weighted by molar-refractivity contribution is 0.0674. The molecule has 0 aliphatic carbocycles. The highest BCUT2D eigenvalue weighted by atomic mass is 35.5. The van der Waals surface area contributed by atoms with E-state index in [1.807, 2.05) is 0 Å². The second kappa shape index (κ2) is 8.78. The van der Waals surface area contributed by atoms with Gasteiger partial charge in [-0.2, -0.15) is 0 Å². The number of rotatable bonds is 6. The van der Waals surface area contributed by atoms with Crippen molar-refractivity contribution >= 4 is 48.8 Å². The number of hydrogen-bond donors (Lipinski definition) is 0. The van der Waals surface area contributed by atoms with Crippen molar-refractivity contribution in [2.24, 2.45) is 0 Å². The average Bonchev–Trinajstić information content (AvgIpc) is 3.05. The summed E-state index contributed by atoms with van der Waals surface area (Å²) >= 11 is 12.1. The van der Waals surface area contributed by atoms with Gasteiger partial charge in [0.1, 0.15) is 0 Å². The number of sulfone groups is 2. The molecule has 12 heteroatoms. The molecule has 2 aromatic rings. The minimum absolute atomic E-state index is 0.0377. The Bertz CT molecular complexity index is 1190.